The van der Waals surface area contributed by atoms with E-state index in [0.717, 1.165) is 52.3 Å². The minimum absolute atomic E-state index is 0.154. The van der Waals surface area contributed by atoms with Crippen molar-refractivity contribution in [2.75, 3.05) is 6.54 Å². The molecule has 0 spiro atoms. The van der Waals surface area contributed by atoms with Gasteiger partial charge in [0.2, 0.25) is 11.6 Å². The lowest BCUT2D eigenvalue weighted by atomic mass is 9.97. The van der Waals surface area contributed by atoms with Crippen LogP contribution in [-0.4, -0.2) is 58.4 Å². The van der Waals surface area contributed by atoms with Crippen molar-refractivity contribution in [3.63, 3.8) is 0 Å². The van der Waals surface area contributed by atoms with Gasteiger partial charge in [-0.2, -0.15) is 5.21 Å². The summed E-state index contributed by atoms with van der Waals surface area (Å²) in [6, 6.07) is 24.1. The predicted molar refractivity (Wildman–Crippen MR) is 160 cm³/mol. The fourth-order valence-electron chi connectivity index (χ4n) is 6.16. The minimum atomic E-state index is -0.809. The number of hydrogen-bond acceptors (Lipinski definition) is 7. The highest BCUT2D eigenvalue weighted by molar-refractivity contribution is 6.30. The molecular weight excluding hydrogens is 542 g/mol. The van der Waals surface area contributed by atoms with Crippen LogP contribution in [-0.2, 0) is 29.0 Å². The van der Waals surface area contributed by atoms with E-state index in [4.69, 9.17) is 4.98 Å². The van der Waals surface area contributed by atoms with Crippen LogP contribution in [0, 0.1) is 0 Å². The molecule has 0 bridgehead atoms. The molecule has 2 aromatic heterocycles. The summed E-state index contributed by atoms with van der Waals surface area (Å²) in [5.41, 5.74) is 5.80. The van der Waals surface area contributed by atoms with Crippen LogP contribution in [0.15, 0.2) is 84.4 Å². The van der Waals surface area contributed by atoms with E-state index in [1.807, 2.05) is 30.3 Å². The third kappa shape index (κ3) is 4.51. The first-order valence-corrected chi connectivity index (χ1v) is 14.4. The van der Waals surface area contributed by atoms with E-state index in [2.05, 4.69) is 56.4 Å². The second-order valence-electron chi connectivity index (χ2n) is 10.8. The highest BCUT2D eigenvalue weighted by Gasteiger charge is 2.50. The number of aliphatic hydroxyl groups excluding tert-OH is 1. The number of amides is 1. The number of imidazole rings is 1. The second-order valence-corrected chi connectivity index (χ2v) is 10.8. The van der Waals surface area contributed by atoms with Gasteiger partial charge < -0.3 is 14.6 Å². The van der Waals surface area contributed by atoms with E-state index in [1.54, 1.807) is 29.2 Å². The molecule has 1 fully saturated rings. The average molecular weight is 572 g/mol. The van der Waals surface area contributed by atoms with Crippen molar-refractivity contribution in [1.29, 1.82) is 0 Å². The zero-order valence-corrected chi connectivity index (χ0v) is 23.6. The van der Waals surface area contributed by atoms with Gasteiger partial charge in [0.15, 0.2) is 0 Å². The average Bonchev–Trinajstić information content (AvgIpc) is 3.76. The quantitative estimate of drug-likeness (QED) is 0.164. The summed E-state index contributed by atoms with van der Waals surface area (Å²) in [6.07, 6.45) is 2.19. The summed E-state index contributed by atoms with van der Waals surface area (Å²) >= 11 is 0. The molecule has 0 radical (unpaired) electrons. The second kappa shape index (κ2) is 10.8. The molecular formula is C33H29N7O3. The van der Waals surface area contributed by atoms with E-state index >= 15 is 0 Å². The summed E-state index contributed by atoms with van der Waals surface area (Å²) in [5.74, 6) is 0.330. The Morgan fingerprint density at radius 1 is 0.977 bits per heavy atom. The zero-order chi connectivity index (χ0) is 29.5. The number of tetrazole rings is 1. The molecule has 5 aromatic rings. The molecule has 1 saturated heterocycles. The molecule has 2 aliphatic heterocycles. The smallest absolute Gasteiger partial charge is 0.262 e. The molecule has 2 aliphatic rings. The molecule has 43 heavy (non-hydrogen) atoms. The molecule has 0 saturated carbocycles. The largest absolute Gasteiger partial charge is 0.506 e. The Hall–Kier alpha value is -5.38. The van der Waals surface area contributed by atoms with Gasteiger partial charge in [-0.15, -0.1) is 10.2 Å². The van der Waals surface area contributed by atoms with Gasteiger partial charge >= 0.3 is 0 Å². The molecule has 214 valence electrons. The van der Waals surface area contributed by atoms with Crippen molar-refractivity contribution in [3.05, 3.63) is 113 Å². The Kier molecular flexibility index (Phi) is 6.65. The van der Waals surface area contributed by atoms with E-state index in [0.29, 0.717) is 30.9 Å². The van der Waals surface area contributed by atoms with Crippen LogP contribution in [0.5, 0.6) is 0 Å². The SMILES string of the molecule is CCCc1nc2c(n1Cc1ccc(-c3ccccc3-c3nn[nH]n3)cc1)C1C(=O)C(=C(O)c3ccccc3)C(=O)N1CC2. The first-order chi connectivity index (χ1) is 21.0. The maximum absolute atomic E-state index is 13.9. The van der Waals surface area contributed by atoms with Crippen LogP contribution >= 0.6 is 0 Å². The summed E-state index contributed by atoms with van der Waals surface area (Å²) in [6.45, 7) is 2.98. The van der Waals surface area contributed by atoms with Gasteiger partial charge in [-0.3, -0.25) is 9.59 Å². The maximum Gasteiger partial charge on any atom is 0.262 e. The molecule has 3 aromatic carbocycles. The van der Waals surface area contributed by atoms with Crippen molar-refractivity contribution in [2.45, 2.75) is 38.8 Å². The summed E-state index contributed by atoms with van der Waals surface area (Å²) in [5, 5.41) is 25.5. The first-order valence-electron chi connectivity index (χ1n) is 14.4. The number of aromatic amines is 1. The van der Waals surface area contributed by atoms with Crippen LogP contribution in [0.25, 0.3) is 28.3 Å². The Morgan fingerprint density at radius 2 is 1.72 bits per heavy atom. The lowest BCUT2D eigenvalue weighted by molar-refractivity contribution is -0.127. The van der Waals surface area contributed by atoms with Crippen LogP contribution < -0.4 is 0 Å². The lowest BCUT2D eigenvalue weighted by Crippen LogP contribution is -2.37. The van der Waals surface area contributed by atoms with Gasteiger partial charge in [0.1, 0.15) is 23.2 Å². The molecule has 7 rings (SSSR count). The molecule has 1 amide bonds. The topological polar surface area (TPSA) is 130 Å². The number of H-pyrrole nitrogens is 1. The molecule has 10 nitrogen and oxygen atoms in total. The summed E-state index contributed by atoms with van der Waals surface area (Å²) < 4.78 is 2.10. The van der Waals surface area contributed by atoms with Gasteiger partial charge in [0.05, 0.1) is 11.4 Å². The molecule has 0 aliphatic carbocycles. The Bertz CT molecular complexity index is 1860. The summed E-state index contributed by atoms with van der Waals surface area (Å²) in [4.78, 5) is 33.9. The number of carbonyl (C=O) groups is 2. The lowest BCUT2D eigenvalue weighted by Gasteiger charge is -2.29. The molecule has 10 heteroatoms. The van der Waals surface area contributed by atoms with Crippen LogP contribution in [0.4, 0.5) is 0 Å². The highest BCUT2D eigenvalue weighted by atomic mass is 16.3. The number of aryl methyl sites for hydroxylation is 1. The van der Waals surface area contributed by atoms with Crippen molar-refractivity contribution >= 4 is 17.4 Å². The normalized spacial score (nSPS) is 17.2. The number of hydrogen-bond donors (Lipinski definition) is 2. The number of benzene rings is 3. The molecule has 2 N–H and O–H groups in total. The Morgan fingerprint density at radius 3 is 2.44 bits per heavy atom. The van der Waals surface area contributed by atoms with E-state index in [9.17, 15) is 14.7 Å². The van der Waals surface area contributed by atoms with Crippen molar-refractivity contribution < 1.29 is 14.7 Å². The van der Waals surface area contributed by atoms with Crippen molar-refractivity contribution in [3.8, 4) is 22.5 Å². The fourth-order valence-corrected chi connectivity index (χ4v) is 6.16. The number of aromatic nitrogens is 6. The van der Waals surface area contributed by atoms with Gasteiger partial charge in [0.25, 0.3) is 5.91 Å². The number of carbonyl (C=O) groups excluding carboxylic acids is 2. The van der Waals surface area contributed by atoms with Crippen LogP contribution in [0.1, 0.15) is 47.7 Å². The first kappa shape index (κ1) is 26.5. The highest BCUT2D eigenvalue weighted by Crippen LogP contribution is 2.41. The van der Waals surface area contributed by atoms with Gasteiger partial charge in [0, 0.05) is 37.1 Å². The zero-order valence-electron chi connectivity index (χ0n) is 23.6. The van der Waals surface area contributed by atoms with E-state index in [-0.39, 0.29) is 17.1 Å². The molecule has 1 atom stereocenters. The minimum Gasteiger partial charge on any atom is -0.506 e. The fraction of sp³-hybridized carbons (Fsp3) is 0.212. The monoisotopic (exact) mass is 571 g/mol. The number of nitrogens with zero attached hydrogens (tertiary/aromatic N) is 6. The predicted octanol–water partition coefficient (Wildman–Crippen LogP) is 4.71. The Labute approximate surface area is 247 Å². The third-order valence-electron chi connectivity index (χ3n) is 8.17. The number of nitrogens with one attached hydrogen (secondary N) is 1. The third-order valence-corrected chi connectivity index (χ3v) is 8.17. The number of fused-ring (bicyclic) bond motifs is 3. The molecule has 4 heterocycles. The van der Waals surface area contributed by atoms with Crippen molar-refractivity contribution in [2.24, 2.45) is 0 Å². The van der Waals surface area contributed by atoms with Gasteiger partial charge in [-0.1, -0.05) is 85.8 Å². The van der Waals surface area contributed by atoms with E-state index < -0.39 is 11.9 Å². The number of ketones is 1. The van der Waals surface area contributed by atoms with Gasteiger partial charge in [-0.25, -0.2) is 4.98 Å². The van der Waals surface area contributed by atoms with Crippen LogP contribution in [0.3, 0.4) is 0 Å². The summed E-state index contributed by atoms with van der Waals surface area (Å²) in [7, 11) is 0. The molecule has 1 unspecified atom stereocenters. The maximum atomic E-state index is 13.9. The van der Waals surface area contributed by atoms with E-state index in [1.165, 1.54) is 0 Å². The van der Waals surface area contributed by atoms with Crippen molar-refractivity contribution in [1.82, 2.24) is 35.1 Å². The number of aliphatic hydroxyl groups is 1. The van der Waals surface area contributed by atoms with Crippen LogP contribution in [0.2, 0.25) is 0 Å². The number of rotatable bonds is 7. The standard InChI is InChI=1S/C33H29N7O3/c1-2-8-26-34-25-17-18-39-29(31(42)27(33(39)43)30(41)22-9-4-3-5-10-22)28(25)40(26)19-20-13-15-21(16-14-20)23-11-6-7-12-24(23)32-35-37-38-36-32/h3-7,9-16,29,41H,2,8,17-19H2,1H3,(H,35,36,37,38). The Balaban J connectivity index is 1.25. The van der Waals surface area contributed by atoms with Gasteiger partial charge in [-0.05, 0) is 28.3 Å². The number of Topliss-reactive ketones (excluding diaryl/α,β-unsaturated/α-hetero) is 1.